The third-order valence-corrected chi connectivity index (χ3v) is 5.56. The summed E-state index contributed by atoms with van der Waals surface area (Å²) in [4.78, 5) is 25.6. The summed E-state index contributed by atoms with van der Waals surface area (Å²) >= 11 is 1.64. The van der Waals surface area contributed by atoms with E-state index in [1.54, 1.807) is 17.4 Å². The van der Waals surface area contributed by atoms with Gasteiger partial charge in [0, 0.05) is 43.0 Å². The molecule has 8 heteroatoms. The van der Waals surface area contributed by atoms with Crippen molar-refractivity contribution in [2.45, 2.75) is 20.4 Å². The van der Waals surface area contributed by atoms with Crippen LogP contribution < -0.4 is 10.2 Å². The summed E-state index contributed by atoms with van der Waals surface area (Å²) in [6, 6.07) is 3.99. The molecule has 0 radical (unpaired) electrons. The lowest BCUT2D eigenvalue weighted by molar-refractivity contribution is -0.116. The molecule has 0 saturated carbocycles. The Bertz CT molecular complexity index is 1000. The second-order valence-electron chi connectivity index (χ2n) is 6.75. The van der Waals surface area contributed by atoms with Crippen LogP contribution in [0.1, 0.15) is 21.8 Å². The largest absolute Gasteiger partial charge is 0.378 e. The average molecular weight is 398 g/mol. The van der Waals surface area contributed by atoms with Crippen molar-refractivity contribution in [3.63, 3.8) is 0 Å². The number of aromatic nitrogens is 3. The zero-order chi connectivity index (χ0) is 19.5. The topological polar surface area (TPSA) is 71.8 Å². The molecule has 0 unspecified atom stereocenters. The summed E-state index contributed by atoms with van der Waals surface area (Å²) in [5, 5.41) is 2.91. The van der Waals surface area contributed by atoms with Gasteiger partial charge in [0.15, 0.2) is 4.96 Å². The van der Waals surface area contributed by atoms with E-state index < -0.39 is 0 Å². The van der Waals surface area contributed by atoms with Crippen molar-refractivity contribution in [1.29, 1.82) is 0 Å². The number of imidazole rings is 1. The standard InChI is InChI=1S/C20H23N5O2S/c1-14-13-25-17(15(2)23-20(25)28-14)4-6-19(26)22-12-16-3-5-18(21-11-16)24-7-9-27-10-8-24/h3-6,11,13H,7-10,12H2,1-2H3,(H,22,26)/b6-4+. The van der Waals surface area contributed by atoms with Crippen molar-refractivity contribution < 1.29 is 9.53 Å². The molecule has 1 aliphatic rings. The minimum atomic E-state index is -0.140. The first-order valence-corrected chi connectivity index (χ1v) is 10.1. The first kappa shape index (κ1) is 18.6. The van der Waals surface area contributed by atoms with E-state index in [0.717, 1.165) is 54.0 Å². The van der Waals surface area contributed by atoms with E-state index in [9.17, 15) is 4.79 Å². The summed E-state index contributed by atoms with van der Waals surface area (Å²) in [5.74, 6) is 0.808. The summed E-state index contributed by atoms with van der Waals surface area (Å²) in [5.41, 5.74) is 2.82. The lowest BCUT2D eigenvalue weighted by Gasteiger charge is -2.27. The summed E-state index contributed by atoms with van der Waals surface area (Å²) in [7, 11) is 0. The Morgan fingerprint density at radius 3 is 2.89 bits per heavy atom. The number of anilines is 1. The molecular weight excluding hydrogens is 374 g/mol. The van der Waals surface area contributed by atoms with Crippen LogP contribution in [0.25, 0.3) is 11.0 Å². The molecular formula is C20H23N5O2S. The van der Waals surface area contributed by atoms with Crippen LogP contribution in [-0.2, 0) is 16.1 Å². The number of amides is 1. The van der Waals surface area contributed by atoms with Gasteiger partial charge in [-0.05, 0) is 31.6 Å². The maximum absolute atomic E-state index is 12.2. The van der Waals surface area contributed by atoms with Crippen LogP contribution in [-0.4, -0.2) is 46.6 Å². The fraction of sp³-hybridized carbons (Fsp3) is 0.350. The molecule has 4 heterocycles. The molecule has 7 nitrogen and oxygen atoms in total. The molecule has 28 heavy (non-hydrogen) atoms. The van der Waals surface area contributed by atoms with Gasteiger partial charge < -0.3 is 15.0 Å². The quantitative estimate of drug-likeness (QED) is 0.670. The van der Waals surface area contributed by atoms with E-state index in [4.69, 9.17) is 4.74 Å². The van der Waals surface area contributed by atoms with Crippen molar-refractivity contribution in [2.24, 2.45) is 0 Å². The minimum absolute atomic E-state index is 0.140. The number of ether oxygens (including phenoxy) is 1. The van der Waals surface area contributed by atoms with Gasteiger partial charge in [0.1, 0.15) is 5.82 Å². The zero-order valence-electron chi connectivity index (χ0n) is 16.0. The molecule has 1 saturated heterocycles. The number of rotatable bonds is 5. The van der Waals surface area contributed by atoms with Crippen LogP contribution in [0.3, 0.4) is 0 Å². The lowest BCUT2D eigenvalue weighted by Crippen LogP contribution is -2.36. The summed E-state index contributed by atoms with van der Waals surface area (Å²) in [6.45, 7) is 7.64. The molecule has 0 spiro atoms. The van der Waals surface area contributed by atoms with Gasteiger partial charge in [0.05, 0.1) is 24.6 Å². The van der Waals surface area contributed by atoms with Gasteiger partial charge in [0.2, 0.25) is 5.91 Å². The lowest BCUT2D eigenvalue weighted by atomic mass is 10.2. The van der Waals surface area contributed by atoms with Gasteiger partial charge in [-0.3, -0.25) is 9.20 Å². The monoisotopic (exact) mass is 397 g/mol. The second-order valence-corrected chi connectivity index (χ2v) is 7.97. The highest BCUT2D eigenvalue weighted by Gasteiger charge is 2.12. The normalized spacial score (nSPS) is 14.9. The van der Waals surface area contributed by atoms with Crippen molar-refractivity contribution in [1.82, 2.24) is 19.7 Å². The Kier molecular flexibility index (Phi) is 5.40. The summed E-state index contributed by atoms with van der Waals surface area (Å²) < 4.78 is 7.38. The molecule has 0 atom stereocenters. The van der Waals surface area contributed by atoms with Crippen LogP contribution >= 0.6 is 11.3 Å². The smallest absolute Gasteiger partial charge is 0.244 e. The van der Waals surface area contributed by atoms with Gasteiger partial charge in [-0.25, -0.2) is 9.97 Å². The van der Waals surface area contributed by atoms with Crippen LogP contribution in [0.4, 0.5) is 5.82 Å². The molecule has 3 aromatic rings. The highest BCUT2D eigenvalue weighted by atomic mass is 32.1. The highest BCUT2D eigenvalue weighted by Crippen LogP contribution is 2.21. The van der Waals surface area contributed by atoms with E-state index in [-0.39, 0.29) is 5.91 Å². The Labute approximate surface area is 167 Å². The number of hydrogen-bond donors (Lipinski definition) is 1. The van der Waals surface area contributed by atoms with Crippen LogP contribution in [0.15, 0.2) is 30.6 Å². The Morgan fingerprint density at radius 1 is 1.32 bits per heavy atom. The van der Waals surface area contributed by atoms with Gasteiger partial charge in [-0.15, -0.1) is 11.3 Å². The van der Waals surface area contributed by atoms with E-state index in [1.807, 2.05) is 48.9 Å². The Morgan fingerprint density at radius 2 is 2.14 bits per heavy atom. The number of aryl methyl sites for hydroxylation is 2. The molecule has 1 aliphatic heterocycles. The molecule has 0 aliphatic carbocycles. The van der Waals surface area contributed by atoms with Crippen LogP contribution in [0.2, 0.25) is 0 Å². The number of nitrogens with one attached hydrogen (secondary N) is 1. The number of hydrogen-bond acceptors (Lipinski definition) is 6. The van der Waals surface area contributed by atoms with E-state index in [0.29, 0.717) is 6.54 Å². The predicted molar refractivity (Wildman–Crippen MR) is 111 cm³/mol. The number of nitrogens with zero attached hydrogens (tertiary/aromatic N) is 4. The number of pyridine rings is 1. The Hall–Kier alpha value is -2.71. The number of carbonyl (C=O) groups is 1. The van der Waals surface area contributed by atoms with Crippen molar-refractivity contribution in [3.05, 3.63) is 52.4 Å². The van der Waals surface area contributed by atoms with Gasteiger partial charge in [-0.1, -0.05) is 6.07 Å². The number of morpholine rings is 1. The maximum atomic E-state index is 12.2. The van der Waals surface area contributed by atoms with Crippen molar-refractivity contribution >= 4 is 34.1 Å². The summed E-state index contributed by atoms with van der Waals surface area (Å²) in [6.07, 6.45) is 7.22. The van der Waals surface area contributed by atoms with Gasteiger partial charge in [-0.2, -0.15) is 0 Å². The molecule has 1 N–H and O–H groups in total. The number of thiazole rings is 1. The first-order chi connectivity index (χ1) is 13.6. The first-order valence-electron chi connectivity index (χ1n) is 9.29. The third kappa shape index (κ3) is 4.07. The maximum Gasteiger partial charge on any atom is 0.244 e. The van der Waals surface area contributed by atoms with E-state index in [2.05, 4.69) is 20.2 Å². The van der Waals surface area contributed by atoms with E-state index in [1.165, 1.54) is 4.88 Å². The van der Waals surface area contributed by atoms with Gasteiger partial charge in [0.25, 0.3) is 0 Å². The van der Waals surface area contributed by atoms with Crippen LogP contribution in [0.5, 0.6) is 0 Å². The molecule has 1 amide bonds. The average Bonchev–Trinajstić information content (AvgIpc) is 3.20. The fourth-order valence-electron chi connectivity index (χ4n) is 3.19. The molecule has 0 aromatic carbocycles. The predicted octanol–water partition coefficient (Wildman–Crippen LogP) is 2.57. The molecule has 0 bridgehead atoms. The molecule has 4 rings (SSSR count). The molecule has 1 fully saturated rings. The number of fused-ring (bicyclic) bond motifs is 1. The fourth-order valence-corrected chi connectivity index (χ4v) is 4.06. The highest BCUT2D eigenvalue weighted by molar-refractivity contribution is 7.17. The SMILES string of the molecule is Cc1cn2c(/C=C/C(=O)NCc3ccc(N4CCOCC4)nc3)c(C)nc2s1. The third-order valence-electron chi connectivity index (χ3n) is 4.67. The molecule has 146 valence electrons. The van der Waals surface area contributed by atoms with Crippen LogP contribution in [0, 0.1) is 13.8 Å². The molecule has 3 aromatic heterocycles. The van der Waals surface area contributed by atoms with E-state index >= 15 is 0 Å². The Balaban J connectivity index is 1.35. The van der Waals surface area contributed by atoms with Crippen molar-refractivity contribution in [3.8, 4) is 0 Å². The second kappa shape index (κ2) is 8.12. The zero-order valence-corrected chi connectivity index (χ0v) is 16.8. The minimum Gasteiger partial charge on any atom is -0.378 e. The van der Waals surface area contributed by atoms with Crippen molar-refractivity contribution in [2.75, 3.05) is 31.2 Å². The van der Waals surface area contributed by atoms with Gasteiger partial charge >= 0.3 is 0 Å². The number of carbonyl (C=O) groups excluding carboxylic acids is 1.